The second-order valence-corrected chi connectivity index (χ2v) is 6.37. The second-order valence-electron chi connectivity index (χ2n) is 6.37. The van der Waals surface area contributed by atoms with Crippen LogP contribution in [0.1, 0.15) is 44.1 Å². The number of piperidine rings is 1. The van der Waals surface area contributed by atoms with Gasteiger partial charge in [-0.25, -0.2) is 4.39 Å². The molecule has 0 N–H and O–H groups in total. The maximum absolute atomic E-state index is 13.1. The highest BCUT2D eigenvalue weighted by Gasteiger charge is 2.39. The highest BCUT2D eigenvalue weighted by molar-refractivity contribution is 5.84. The largest absolute Gasteiger partial charge is 0.342 e. The molecule has 1 amide bonds. The van der Waals surface area contributed by atoms with Crippen molar-refractivity contribution in [2.75, 3.05) is 13.1 Å². The highest BCUT2D eigenvalue weighted by atomic mass is 19.1. The van der Waals surface area contributed by atoms with Gasteiger partial charge >= 0.3 is 0 Å². The maximum atomic E-state index is 13.1. The lowest BCUT2D eigenvalue weighted by atomic mass is 9.91. The Balaban J connectivity index is 1.76. The molecule has 20 heavy (non-hydrogen) atoms. The van der Waals surface area contributed by atoms with Crippen LogP contribution in [0.5, 0.6) is 0 Å². The van der Waals surface area contributed by atoms with Crippen molar-refractivity contribution < 1.29 is 9.18 Å². The molecular weight excluding hydrogens is 253 g/mol. The molecule has 2 aliphatic rings. The number of hydrogen-bond donors (Lipinski definition) is 0. The first-order chi connectivity index (χ1) is 9.65. The number of halogens is 1. The molecule has 1 saturated heterocycles. The van der Waals surface area contributed by atoms with Crippen molar-refractivity contribution in [1.82, 2.24) is 4.90 Å². The van der Waals surface area contributed by atoms with Crippen molar-refractivity contribution in [2.24, 2.45) is 11.8 Å². The summed E-state index contributed by atoms with van der Waals surface area (Å²) in [6.45, 7) is 4.01. The average Bonchev–Trinajstić information content (AvgIpc) is 3.26. The number of carbonyl (C=O) groups excluding carboxylic acids is 1. The van der Waals surface area contributed by atoms with Crippen LogP contribution in [-0.2, 0) is 4.79 Å². The SMILES string of the molecule is CC1CCN(C(=O)C(c2ccc(F)cc2)C2CC2)CC1. The first kappa shape index (κ1) is 13.6. The molecular formula is C17H22FNO. The Hall–Kier alpha value is -1.38. The molecule has 1 saturated carbocycles. The van der Waals surface area contributed by atoms with E-state index < -0.39 is 0 Å². The quantitative estimate of drug-likeness (QED) is 0.825. The number of hydrogen-bond acceptors (Lipinski definition) is 1. The van der Waals surface area contributed by atoms with Crippen molar-refractivity contribution >= 4 is 5.91 Å². The topological polar surface area (TPSA) is 20.3 Å². The molecule has 108 valence electrons. The van der Waals surface area contributed by atoms with Crippen LogP contribution in [0.2, 0.25) is 0 Å². The molecule has 3 heteroatoms. The van der Waals surface area contributed by atoms with Crippen molar-refractivity contribution in [3.8, 4) is 0 Å². The molecule has 1 aliphatic heterocycles. The molecule has 1 aliphatic carbocycles. The van der Waals surface area contributed by atoms with Gasteiger partial charge in [-0.2, -0.15) is 0 Å². The van der Waals surface area contributed by atoms with E-state index in [1.165, 1.54) is 12.1 Å². The number of amides is 1. The van der Waals surface area contributed by atoms with Crippen LogP contribution >= 0.6 is 0 Å². The third-order valence-corrected chi connectivity index (χ3v) is 4.68. The standard InChI is InChI=1S/C17H22FNO/c1-12-8-10-19(11-9-12)17(20)16(13-2-3-13)14-4-6-15(18)7-5-14/h4-7,12-13,16H,2-3,8-11H2,1H3. The van der Waals surface area contributed by atoms with Crippen LogP contribution in [0.25, 0.3) is 0 Å². The van der Waals surface area contributed by atoms with Gasteiger partial charge in [0.2, 0.25) is 5.91 Å². The summed E-state index contributed by atoms with van der Waals surface area (Å²) in [6.07, 6.45) is 4.45. The summed E-state index contributed by atoms with van der Waals surface area (Å²) in [5.41, 5.74) is 0.984. The zero-order valence-corrected chi connectivity index (χ0v) is 12.0. The highest BCUT2D eigenvalue weighted by Crippen LogP contribution is 2.44. The molecule has 1 unspecified atom stereocenters. The fourth-order valence-electron chi connectivity index (χ4n) is 3.14. The predicted molar refractivity (Wildman–Crippen MR) is 76.8 cm³/mol. The monoisotopic (exact) mass is 275 g/mol. The maximum Gasteiger partial charge on any atom is 0.230 e. The third kappa shape index (κ3) is 2.87. The van der Waals surface area contributed by atoms with Crippen LogP contribution < -0.4 is 0 Å². The van der Waals surface area contributed by atoms with Gasteiger partial charge in [0.05, 0.1) is 5.92 Å². The van der Waals surface area contributed by atoms with Crippen molar-refractivity contribution in [3.05, 3.63) is 35.6 Å². The average molecular weight is 275 g/mol. The Morgan fingerprint density at radius 1 is 1.15 bits per heavy atom. The van der Waals surface area contributed by atoms with Crippen LogP contribution in [0.15, 0.2) is 24.3 Å². The first-order valence-corrected chi connectivity index (χ1v) is 7.69. The van der Waals surface area contributed by atoms with Crippen LogP contribution in [-0.4, -0.2) is 23.9 Å². The fourth-order valence-corrected chi connectivity index (χ4v) is 3.14. The number of rotatable bonds is 3. The zero-order chi connectivity index (χ0) is 14.1. The number of nitrogens with zero attached hydrogens (tertiary/aromatic N) is 1. The van der Waals surface area contributed by atoms with E-state index >= 15 is 0 Å². The molecule has 3 rings (SSSR count). The summed E-state index contributed by atoms with van der Waals surface area (Å²) in [6, 6.07) is 6.50. The van der Waals surface area contributed by atoms with Gasteiger partial charge in [-0.1, -0.05) is 19.1 Å². The van der Waals surface area contributed by atoms with Gasteiger partial charge < -0.3 is 4.90 Å². The normalized spacial score (nSPS) is 21.8. The summed E-state index contributed by atoms with van der Waals surface area (Å²) < 4.78 is 13.1. The van der Waals surface area contributed by atoms with Gasteiger partial charge in [-0.15, -0.1) is 0 Å². The van der Waals surface area contributed by atoms with E-state index in [4.69, 9.17) is 0 Å². The molecule has 0 radical (unpaired) electrons. The lowest BCUT2D eigenvalue weighted by molar-refractivity contribution is -0.134. The van der Waals surface area contributed by atoms with Crippen molar-refractivity contribution in [2.45, 2.75) is 38.5 Å². The van der Waals surface area contributed by atoms with Gasteiger partial charge in [0.1, 0.15) is 5.82 Å². The minimum atomic E-state index is -0.234. The summed E-state index contributed by atoms with van der Waals surface area (Å²) in [5, 5.41) is 0. The summed E-state index contributed by atoms with van der Waals surface area (Å²) in [5.74, 6) is 1.16. The van der Waals surface area contributed by atoms with Crippen LogP contribution in [0.3, 0.4) is 0 Å². The number of likely N-dealkylation sites (tertiary alicyclic amines) is 1. The Morgan fingerprint density at radius 2 is 1.75 bits per heavy atom. The molecule has 0 aromatic heterocycles. The van der Waals surface area contributed by atoms with E-state index in [-0.39, 0.29) is 17.6 Å². The number of carbonyl (C=O) groups is 1. The zero-order valence-electron chi connectivity index (χ0n) is 12.0. The van der Waals surface area contributed by atoms with E-state index in [1.54, 1.807) is 12.1 Å². The smallest absolute Gasteiger partial charge is 0.230 e. The van der Waals surface area contributed by atoms with E-state index in [0.29, 0.717) is 5.92 Å². The van der Waals surface area contributed by atoms with Gasteiger partial charge in [-0.3, -0.25) is 4.79 Å². The lowest BCUT2D eigenvalue weighted by Gasteiger charge is -2.33. The van der Waals surface area contributed by atoms with Crippen LogP contribution in [0, 0.1) is 17.7 Å². The Labute approximate surface area is 120 Å². The van der Waals surface area contributed by atoms with E-state index in [2.05, 4.69) is 6.92 Å². The van der Waals surface area contributed by atoms with Gasteiger partial charge in [-0.05, 0) is 55.2 Å². The molecule has 1 aromatic carbocycles. The fraction of sp³-hybridized carbons (Fsp3) is 0.588. The Morgan fingerprint density at radius 3 is 2.30 bits per heavy atom. The second kappa shape index (κ2) is 5.55. The first-order valence-electron chi connectivity index (χ1n) is 7.69. The van der Waals surface area contributed by atoms with Gasteiger partial charge in [0.15, 0.2) is 0 Å². The van der Waals surface area contributed by atoms with Gasteiger partial charge in [0, 0.05) is 13.1 Å². The summed E-state index contributed by atoms with van der Waals surface area (Å²) in [4.78, 5) is 14.8. The molecule has 2 nitrogen and oxygen atoms in total. The summed E-state index contributed by atoms with van der Waals surface area (Å²) in [7, 11) is 0. The van der Waals surface area contributed by atoms with E-state index in [1.807, 2.05) is 4.90 Å². The molecule has 1 atom stereocenters. The van der Waals surface area contributed by atoms with Crippen molar-refractivity contribution in [1.29, 1.82) is 0 Å². The van der Waals surface area contributed by atoms with Crippen LogP contribution in [0.4, 0.5) is 4.39 Å². The summed E-state index contributed by atoms with van der Waals surface area (Å²) >= 11 is 0. The molecule has 0 spiro atoms. The minimum Gasteiger partial charge on any atom is -0.342 e. The predicted octanol–water partition coefficient (Wildman–Crippen LogP) is 3.58. The van der Waals surface area contributed by atoms with Gasteiger partial charge in [0.25, 0.3) is 0 Å². The Kier molecular flexibility index (Phi) is 3.77. The molecule has 0 bridgehead atoms. The van der Waals surface area contributed by atoms with E-state index in [0.717, 1.165) is 50.3 Å². The molecule has 1 aromatic rings. The number of benzene rings is 1. The molecule has 1 heterocycles. The molecule has 2 fully saturated rings. The van der Waals surface area contributed by atoms with Crippen molar-refractivity contribution in [3.63, 3.8) is 0 Å². The lowest BCUT2D eigenvalue weighted by Crippen LogP contribution is -2.41. The Bertz CT molecular complexity index is 472. The minimum absolute atomic E-state index is 0.0518. The van der Waals surface area contributed by atoms with E-state index in [9.17, 15) is 9.18 Å². The third-order valence-electron chi connectivity index (χ3n) is 4.68.